The van der Waals surface area contributed by atoms with Crippen LogP contribution in [0.15, 0.2) is 28.7 Å². The van der Waals surface area contributed by atoms with Crippen LogP contribution >= 0.6 is 15.9 Å². The molecule has 0 radical (unpaired) electrons. The molecule has 108 valence electrons. The molecular weight excluding hydrogens is 320 g/mol. The van der Waals surface area contributed by atoms with Gasteiger partial charge in [0.25, 0.3) is 0 Å². The van der Waals surface area contributed by atoms with Crippen LogP contribution in [-0.4, -0.2) is 28.1 Å². The Morgan fingerprint density at radius 1 is 1.30 bits per heavy atom. The van der Waals surface area contributed by atoms with E-state index in [0.29, 0.717) is 12.8 Å². The minimum absolute atomic E-state index is 0.436. The van der Waals surface area contributed by atoms with Crippen LogP contribution in [0, 0.1) is 6.92 Å². The lowest BCUT2D eigenvalue weighted by Crippen LogP contribution is -2.16. The SMILES string of the molecule is COc1ccc(CC(O)Cc2c(Br)c(C)nn2C)cc1. The molecule has 1 aromatic heterocycles. The standard InChI is InChI=1S/C15H19BrN2O2/c1-10-15(16)14(18(2)17-10)9-12(19)8-11-4-6-13(20-3)7-5-11/h4-7,12,19H,8-9H2,1-3H3. The summed E-state index contributed by atoms with van der Waals surface area (Å²) < 4.78 is 7.92. The second-order valence-electron chi connectivity index (χ2n) is 4.88. The fourth-order valence-electron chi connectivity index (χ4n) is 2.23. The molecule has 2 aromatic rings. The Hall–Kier alpha value is -1.33. The van der Waals surface area contributed by atoms with Crippen LogP contribution in [0.2, 0.25) is 0 Å². The van der Waals surface area contributed by atoms with Gasteiger partial charge in [0, 0.05) is 13.5 Å². The molecule has 0 bridgehead atoms. The maximum absolute atomic E-state index is 10.2. The second kappa shape index (κ2) is 6.41. The molecule has 20 heavy (non-hydrogen) atoms. The van der Waals surface area contributed by atoms with Crippen LogP contribution in [0.1, 0.15) is 17.0 Å². The predicted molar refractivity (Wildman–Crippen MR) is 82.1 cm³/mol. The fourth-order valence-corrected chi connectivity index (χ4v) is 2.73. The molecule has 1 aromatic carbocycles. The molecule has 0 aliphatic carbocycles. The first-order valence-electron chi connectivity index (χ1n) is 6.50. The Balaban J connectivity index is 2.02. The third-order valence-electron chi connectivity index (χ3n) is 3.32. The van der Waals surface area contributed by atoms with Crippen LogP contribution in [-0.2, 0) is 19.9 Å². The summed E-state index contributed by atoms with van der Waals surface area (Å²) in [6.07, 6.45) is 0.749. The van der Waals surface area contributed by atoms with Crippen molar-refractivity contribution in [1.82, 2.24) is 9.78 Å². The highest BCUT2D eigenvalue weighted by atomic mass is 79.9. The minimum Gasteiger partial charge on any atom is -0.497 e. The normalized spacial score (nSPS) is 12.4. The Morgan fingerprint density at radius 2 is 1.95 bits per heavy atom. The fraction of sp³-hybridized carbons (Fsp3) is 0.400. The number of hydrogen-bond donors (Lipinski definition) is 1. The highest BCUT2D eigenvalue weighted by molar-refractivity contribution is 9.10. The summed E-state index contributed by atoms with van der Waals surface area (Å²) in [4.78, 5) is 0. The molecule has 0 aliphatic rings. The van der Waals surface area contributed by atoms with Crippen molar-refractivity contribution in [2.75, 3.05) is 7.11 Å². The van der Waals surface area contributed by atoms with Crippen LogP contribution in [0.5, 0.6) is 5.75 Å². The van der Waals surface area contributed by atoms with Crippen molar-refractivity contribution >= 4 is 15.9 Å². The first kappa shape index (κ1) is 15.1. The molecule has 0 saturated carbocycles. The largest absolute Gasteiger partial charge is 0.497 e. The van der Waals surface area contributed by atoms with E-state index in [-0.39, 0.29) is 0 Å². The zero-order chi connectivity index (χ0) is 14.7. The number of nitrogens with zero attached hydrogens (tertiary/aromatic N) is 2. The molecule has 0 fully saturated rings. The van der Waals surface area contributed by atoms with Gasteiger partial charge in [0.2, 0.25) is 0 Å². The van der Waals surface area contributed by atoms with Crippen molar-refractivity contribution in [3.05, 3.63) is 45.7 Å². The lowest BCUT2D eigenvalue weighted by atomic mass is 10.0. The highest BCUT2D eigenvalue weighted by Gasteiger charge is 2.15. The Labute approximate surface area is 127 Å². The topological polar surface area (TPSA) is 47.3 Å². The van der Waals surface area contributed by atoms with Crippen LogP contribution in [0.25, 0.3) is 0 Å². The second-order valence-corrected chi connectivity index (χ2v) is 5.67. The summed E-state index contributed by atoms with van der Waals surface area (Å²) in [6.45, 7) is 1.95. The molecule has 4 nitrogen and oxygen atoms in total. The van der Waals surface area contributed by atoms with E-state index in [0.717, 1.165) is 27.2 Å². The zero-order valence-electron chi connectivity index (χ0n) is 11.9. The van der Waals surface area contributed by atoms with Gasteiger partial charge >= 0.3 is 0 Å². The van der Waals surface area contributed by atoms with Crippen molar-refractivity contribution in [3.63, 3.8) is 0 Å². The average molecular weight is 339 g/mol. The summed E-state index contributed by atoms with van der Waals surface area (Å²) in [6, 6.07) is 7.77. The van der Waals surface area contributed by atoms with Crippen LogP contribution in [0.4, 0.5) is 0 Å². The average Bonchev–Trinajstić information content (AvgIpc) is 2.66. The number of benzene rings is 1. The maximum atomic E-state index is 10.2. The molecule has 0 spiro atoms. The van der Waals surface area contributed by atoms with Gasteiger partial charge in [0.05, 0.1) is 29.1 Å². The Kier molecular flexibility index (Phi) is 4.83. The van der Waals surface area contributed by atoms with Gasteiger partial charge in [-0.2, -0.15) is 5.10 Å². The van der Waals surface area contributed by atoms with Crippen molar-refractivity contribution in [3.8, 4) is 5.75 Å². The zero-order valence-corrected chi connectivity index (χ0v) is 13.5. The van der Waals surface area contributed by atoms with E-state index in [1.807, 2.05) is 42.9 Å². The summed E-state index contributed by atoms with van der Waals surface area (Å²) in [5, 5.41) is 14.6. The van der Waals surface area contributed by atoms with E-state index in [2.05, 4.69) is 21.0 Å². The van der Waals surface area contributed by atoms with Crippen molar-refractivity contribution in [2.45, 2.75) is 25.9 Å². The van der Waals surface area contributed by atoms with Crippen LogP contribution < -0.4 is 4.74 Å². The molecule has 1 heterocycles. The third kappa shape index (κ3) is 3.41. The van der Waals surface area contributed by atoms with Gasteiger partial charge in [-0.05, 0) is 47.0 Å². The number of methoxy groups -OCH3 is 1. The van der Waals surface area contributed by atoms with E-state index in [4.69, 9.17) is 4.74 Å². The summed E-state index contributed by atoms with van der Waals surface area (Å²) >= 11 is 3.52. The van der Waals surface area contributed by atoms with Gasteiger partial charge in [-0.15, -0.1) is 0 Å². The molecule has 0 amide bonds. The van der Waals surface area contributed by atoms with E-state index >= 15 is 0 Å². The molecule has 0 saturated heterocycles. The number of rotatable bonds is 5. The molecule has 2 rings (SSSR count). The van der Waals surface area contributed by atoms with Gasteiger partial charge in [-0.3, -0.25) is 4.68 Å². The van der Waals surface area contributed by atoms with E-state index in [1.165, 1.54) is 0 Å². The predicted octanol–water partition coefficient (Wildman–Crippen LogP) is 2.65. The Morgan fingerprint density at radius 3 is 2.45 bits per heavy atom. The molecular formula is C15H19BrN2O2. The van der Waals surface area contributed by atoms with Crippen molar-refractivity contribution in [1.29, 1.82) is 0 Å². The van der Waals surface area contributed by atoms with Gasteiger partial charge < -0.3 is 9.84 Å². The number of aliphatic hydroxyl groups excluding tert-OH is 1. The van der Waals surface area contributed by atoms with E-state index in [9.17, 15) is 5.11 Å². The van der Waals surface area contributed by atoms with Gasteiger partial charge in [0.15, 0.2) is 0 Å². The van der Waals surface area contributed by atoms with Crippen molar-refractivity contribution in [2.24, 2.45) is 7.05 Å². The minimum atomic E-state index is -0.436. The first-order valence-corrected chi connectivity index (χ1v) is 7.29. The Bertz CT molecular complexity index is 578. The molecule has 0 aliphatic heterocycles. The van der Waals surface area contributed by atoms with E-state index < -0.39 is 6.10 Å². The molecule has 1 unspecified atom stereocenters. The third-order valence-corrected chi connectivity index (χ3v) is 4.35. The number of ether oxygens (including phenoxy) is 1. The molecule has 1 atom stereocenters. The lowest BCUT2D eigenvalue weighted by Gasteiger charge is -2.12. The lowest BCUT2D eigenvalue weighted by molar-refractivity contribution is 0.172. The highest BCUT2D eigenvalue weighted by Crippen LogP contribution is 2.22. The number of halogens is 1. The summed E-state index contributed by atoms with van der Waals surface area (Å²) in [7, 11) is 3.54. The smallest absolute Gasteiger partial charge is 0.118 e. The number of aryl methyl sites for hydroxylation is 2. The van der Waals surface area contributed by atoms with Gasteiger partial charge in [-0.25, -0.2) is 0 Å². The van der Waals surface area contributed by atoms with Gasteiger partial charge in [0.1, 0.15) is 5.75 Å². The van der Waals surface area contributed by atoms with Gasteiger partial charge in [-0.1, -0.05) is 12.1 Å². The summed E-state index contributed by atoms with van der Waals surface area (Å²) in [5.74, 6) is 0.827. The number of hydrogen-bond acceptors (Lipinski definition) is 3. The number of aliphatic hydroxyl groups is 1. The van der Waals surface area contributed by atoms with E-state index in [1.54, 1.807) is 7.11 Å². The number of aromatic nitrogens is 2. The first-order chi connectivity index (χ1) is 9.51. The molecule has 5 heteroatoms. The van der Waals surface area contributed by atoms with Crippen molar-refractivity contribution < 1.29 is 9.84 Å². The maximum Gasteiger partial charge on any atom is 0.118 e. The quantitative estimate of drug-likeness (QED) is 0.911. The van der Waals surface area contributed by atoms with Crippen LogP contribution in [0.3, 0.4) is 0 Å². The summed E-state index contributed by atoms with van der Waals surface area (Å²) in [5.41, 5.74) is 3.05. The monoisotopic (exact) mass is 338 g/mol. The molecule has 1 N–H and O–H groups in total.